The second kappa shape index (κ2) is 10.1. The van der Waals surface area contributed by atoms with Crippen LogP contribution in [0.5, 0.6) is 5.75 Å². The molecule has 1 aliphatic heterocycles. The SMILES string of the molecule is COc1ccccc1C(=O)N[C@@H](C)[C@H](c1cccs1)N1CCN(c2ccccc2F)CC1. The van der Waals surface area contributed by atoms with Crippen LogP contribution in [0.25, 0.3) is 0 Å². The maximum Gasteiger partial charge on any atom is 0.255 e. The average Bonchev–Trinajstić information content (AvgIpc) is 3.34. The molecule has 4 rings (SSSR count). The van der Waals surface area contributed by atoms with Gasteiger partial charge in [0.15, 0.2) is 0 Å². The Bertz CT molecular complexity index is 1040. The number of nitrogens with zero attached hydrogens (tertiary/aromatic N) is 2. The van der Waals surface area contributed by atoms with E-state index < -0.39 is 0 Å². The predicted octanol–water partition coefficient (Wildman–Crippen LogP) is 4.58. The summed E-state index contributed by atoms with van der Waals surface area (Å²) in [5.74, 6) is 0.220. The lowest BCUT2D eigenvalue weighted by molar-refractivity contribution is 0.0887. The smallest absolute Gasteiger partial charge is 0.255 e. The number of para-hydroxylation sites is 2. The minimum atomic E-state index is -0.187. The highest BCUT2D eigenvalue weighted by atomic mass is 32.1. The summed E-state index contributed by atoms with van der Waals surface area (Å²) in [7, 11) is 1.57. The van der Waals surface area contributed by atoms with Crippen LogP contribution in [0.2, 0.25) is 0 Å². The molecule has 1 amide bonds. The highest BCUT2D eigenvalue weighted by Crippen LogP contribution is 2.31. The Labute approximate surface area is 192 Å². The molecule has 0 unspecified atom stereocenters. The van der Waals surface area contributed by atoms with E-state index in [1.54, 1.807) is 36.6 Å². The van der Waals surface area contributed by atoms with E-state index in [2.05, 4.69) is 26.6 Å². The molecule has 0 saturated carbocycles. The van der Waals surface area contributed by atoms with Gasteiger partial charge >= 0.3 is 0 Å². The van der Waals surface area contributed by atoms with Crippen molar-refractivity contribution in [1.82, 2.24) is 10.2 Å². The Balaban J connectivity index is 1.49. The Morgan fingerprint density at radius 2 is 1.75 bits per heavy atom. The molecular weight excluding hydrogens is 425 g/mol. The van der Waals surface area contributed by atoms with E-state index in [1.165, 1.54) is 10.9 Å². The van der Waals surface area contributed by atoms with Gasteiger partial charge < -0.3 is 15.0 Å². The van der Waals surface area contributed by atoms with Crippen molar-refractivity contribution < 1.29 is 13.9 Å². The number of anilines is 1. The molecule has 1 saturated heterocycles. The lowest BCUT2D eigenvalue weighted by Crippen LogP contribution is -2.52. The summed E-state index contributed by atoms with van der Waals surface area (Å²) in [5.41, 5.74) is 1.17. The van der Waals surface area contributed by atoms with E-state index in [4.69, 9.17) is 4.74 Å². The Morgan fingerprint density at radius 3 is 2.44 bits per heavy atom. The van der Waals surface area contributed by atoms with Crippen molar-refractivity contribution in [2.75, 3.05) is 38.2 Å². The van der Waals surface area contributed by atoms with Gasteiger partial charge in [-0.25, -0.2) is 4.39 Å². The topological polar surface area (TPSA) is 44.8 Å². The van der Waals surface area contributed by atoms with Gasteiger partial charge in [0, 0.05) is 37.1 Å². The van der Waals surface area contributed by atoms with Crippen LogP contribution in [0, 0.1) is 5.82 Å². The maximum atomic E-state index is 14.2. The number of halogens is 1. The van der Waals surface area contributed by atoms with Gasteiger partial charge in [-0.15, -0.1) is 11.3 Å². The predicted molar refractivity (Wildman–Crippen MR) is 127 cm³/mol. The fraction of sp³-hybridized carbons (Fsp3) is 0.320. The van der Waals surface area contributed by atoms with E-state index in [0.29, 0.717) is 17.0 Å². The largest absolute Gasteiger partial charge is 0.496 e. The fourth-order valence-corrected chi connectivity index (χ4v) is 5.31. The van der Waals surface area contributed by atoms with E-state index in [-0.39, 0.29) is 23.8 Å². The van der Waals surface area contributed by atoms with E-state index in [1.807, 2.05) is 37.3 Å². The highest BCUT2D eigenvalue weighted by molar-refractivity contribution is 7.10. The normalized spacial score (nSPS) is 16.4. The second-order valence-corrected chi connectivity index (χ2v) is 8.88. The number of piperazine rings is 1. The van der Waals surface area contributed by atoms with Crippen LogP contribution in [0.15, 0.2) is 66.0 Å². The molecule has 2 heterocycles. The summed E-state index contributed by atoms with van der Waals surface area (Å²) < 4.78 is 19.6. The van der Waals surface area contributed by atoms with Gasteiger partial charge in [-0.3, -0.25) is 9.69 Å². The number of hydrogen-bond donors (Lipinski definition) is 1. The van der Waals surface area contributed by atoms with Gasteiger partial charge in [0.1, 0.15) is 11.6 Å². The first-order chi connectivity index (χ1) is 15.6. The molecule has 2 aromatic carbocycles. The number of benzene rings is 2. The number of nitrogens with one attached hydrogen (secondary N) is 1. The van der Waals surface area contributed by atoms with Crippen LogP contribution in [0.1, 0.15) is 28.2 Å². The molecule has 168 valence electrons. The van der Waals surface area contributed by atoms with Gasteiger partial charge in [-0.05, 0) is 42.6 Å². The van der Waals surface area contributed by atoms with Crippen LogP contribution in [0.4, 0.5) is 10.1 Å². The quantitative estimate of drug-likeness (QED) is 0.569. The number of ether oxygens (including phenoxy) is 1. The number of methoxy groups -OCH3 is 1. The number of carbonyl (C=O) groups is 1. The third-order valence-electron chi connectivity index (χ3n) is 5.92. The number of amides is 1. The first-order valence-corrected chi connectivity index (χ1v) is 11.7. The summed E-state index contributed by atoms with van der Waals surface area (Å²) in [6.45, 7) is 5.07. The third-order valence-corrected chi connectivity index (χ3v) is 6.86. The summed E-state index contributed by atoms with van der Waals surface area (Å²) in [6.07, 6.45) is 0. The molecule has 1 N–H and O–H groups in total. The molecule has 5 nitrogen and oxygen atoms in total. The molecule has 0 radical (unpaired) electrons. The van der Waals surface area contributed by atoms with Gasteiger partial charge in [0.05, 0.1) is 24.4 Å². The van der Waals surface area contributed by atoms with Crippen molar-refractivity contribution in [3.05, 3.63) is 82.3 Å². The lowest BCUT2D eigenvalue weighted by Gasteiger charge is -2.42. The third kappa shape index (κ3) is 4.79. The monoisotopic (exact) mass is 453 g/mol. The highest BCUT2D eigenvalue weighted by Gasteiger charge is 2.31. The van der Waals surface area contributed by atoms with Gasteiger partial charge in [0.25, 0.3) is 5.91 Å². The molecule has 1 fully saturated rings. The first-order valence-electron chi connectivity index (χ1n) is 10.8. The molecule has 1 aliphatic rings. The van der Waals surface area contributed by atoms with Crippen LogP contribution >= 0.6 is 11.3 Å². The van der Waals surface area contributed by atoms with Gasteiger partial charge in [-0.2, -0.15) is 0 Å². The molecule has 3 aromatic rings. The van der Waals surface area contributed by atoms with E-state index in [9.17, 15) is 9.18 Å². The van der Waals surface area contributed by atoms with E-state index in [0.717, 1.165) is 26.2 Å². The minimum Gasteiger partial charge on any atom is -0.496 e. The van der Waals surface area contributed by atoms with Crippen molar-refractivity contribution in [2.45, 2.75) is 19.0 Å². The minimum absolute atomic E-state index is 0.0384. The van der Waals surface area contributed by atoms with Gasteiger partial charge in [-0.1, -0.05) is 30.3 Å². The summed E-state index contributed by atoms with van der Waals surface area (Å²) in [6, 6.07) is 18.2. The van der Waals surface area contributed by atoms with Crippen molar-refractivity contribution in [1.29, 1.82) is 0 Å². The fourth-order valence-electron chi connectivity index (χ4n) is 4.35. The maximum absolute atomic E-state index is 14.2. The molecular formula is C25H28FN3O2S. The van der Waals surface area contributed by atoms with Crippen LogP contribution in [-0.2, 0) is 0 Å². The van der Waals surface area contributed by atoms with Crippen molar-refractivity contribution in [3.63, 3.8) is 0 Å². The van der Waals surface area contributed by atoms with Crippen molar-refractivity contribution in [2.24, 2.45) is 0 Å². The number of carbonyl (C=O) groups excluding carboxylic acids is 1. The van der Waals surface area contributed by atoms with Crippen molar-refractivity contribution in [3.8, 4) is 5.75 Å². The lowest BCUT2D eigenvalue weighted by atomic mass is 10.0. The van der Waals surface area contributed by atoms with Crippen LogP contribution in [-0.4, -0.2) is 50.1 Å². The number of thiophene rings is 1. The molecule has 7 heteroatoms. The Morgan fingerprint density at radius 1 is 1.03 bits per heavy atom. The molecule has 0 aliphatic carbocycles. The Hall–Kier alpha value is -2.90. The zero-order valence-corrected chi connectivity index (χ0v) is 19.1. The molecule has 32 heavy (non-hydrogen) atoms. The molecule has 1 aromatic heterocycles. The second-order valence-electron chi connectivity index (χ2n) is 7.90. The molecule has 0 spiro atoms. The number of rotatable bonds is 7. The zero-order chi connectivity index (χ0) is 22.5. The average molecular weight is 454 g/mol. The van der Waals surface area contributed by atoms with Crippen molar-refractivity contribution >= 4 is 22.9 Å². The number of hydrogen-bond acceptors (Lipinski definition) is 5. The summed E-state index contributed by atoms with van der Waals surface area (Å²) in [4.78, 5) is 18.7. The first kappa shape index (κ1) is 22.3. The Kier molecular flexibility index (Phi) is 7.07. The van der Waals surface area contributed by atoms with Crippen LogP contribution in [0.3, 0.4) is 0 Å². The molecule has 0 bridgehead atoms. The summed E-state index contributed by atoms with van der Waals surface area (Å²) >= 11 is 1.69. The summed E-state index contributed by atoms with van der Waals surface area (Å²) in [5, 5.41) is 5.24. The van der Waals surface area contributed by atoms with Gasteiger partial charge in [0.2, 0.25) is 0 Å². The molecule has 2 atom stereocenters. The van der Waals surface area contributed by atoms with Crippen LogP contribution < -0.4 is 15.0 Å². The zero-order valence-electron chi connectivity index (χ0n) is 18.3. The standard InChI is InChI=1S/C25H28FN3O2S/c1-18(27-25(30)19-8-3-6-11-22(19)31-2)24(23-12-7-17-32-23)29-15-13-28(14-16-29)21-10-5-4-9-20(21)26/h3-12,17-18,24H,13-16H2,1-2H3,(H,27,30)/t18-,24+/m0/s1. The van der Waals surface area contributed by atoms with E-state index >= 15 is 0 Å².